The molecular formula is C25H31ClN2O5. The Kier molecular flexibility index (Phi) is 9.02. The Morgan fingerprint density at radius 1 is 1.00 bits per heavy atom. The molecule has 7 nitrogen and oxygen atoms in total. The van der Waals surface area contributed by atoms with Crippen LogP contribution in [0.1, 0.15) is 26.3 Å². The van der Waals surface area contributed by atoms with Gasteiger partial charge in [0.1, 0.15) is 11.6 Å². The molecule has 8 heteroatoms. The largest absolute Gasteiger partial charge is 0.460 e. The molecule has 178 valence electrons. The minimum absolute atomic E-state index is 0.169. The summed E-state index contributed by atoms with van der Waals surface area (Å²) in [5, 5.41) is 0.638. The second kappa shape index (κ2) is 11.3. The van der Waals surface area contributed by atoms with E-state index in [2.05, 4.69) is 0 Å². The molecule has 1 amide bonds. The van der Waals surface area contributed by atoms with E-state index in [4.69, 9.17) is 26.8 Å². The molecular weight excluding hydrogens is 444 g/mol. The quantitative estimate of drug-likeness (QED) is 0.588. The lowest BCUT2D eigenvalue weighted by molar-refractivity contribution is -0.165. The lowest BCUT2D eigenvalue weighted by Gasteiger charge is -2.26. The van der Waals surface area contributed by atoms with Crippen LogP contribution in [0.5, 0.6) is 0 Å². The van der Waals surface area contributed by atoms with Crippen LogP contribution in [0.4, 0.5) is 0 Å². The molecule has 0 fully saturated rings. The number of ether oxygens (including phenoxy) is 2. The van der Waals surface area contributed by atoms with Crippen LogP contribution in [-0.4, -0.2) is 55.1 Å². The van der Waals surface area contributed by atoms with E-state index in [0.29, 0.717) is 5.02 Å². The van der Waals surface area contributed by atoms with Crippen molar-refractivity contribution in [1.82, 2.24) is 4.90 Å². The Hall–Kier alpha value is -2.90. The van der Waals surface area contributed by atoms with Crippen molar-refractivity contribution >= 4 is 29.4 Å². The predicted octanol–water partition coefficient (Wildman–Crippen LogP) is 3.47. The number of carbonyl (C=O) groups is 3. The molecule has 2 N–H and O–H groups in total. The van der Waals surface area contributed by atoms with Crippen LogP contribution in [0.15, 0.2) is 48.5 Å². The maximum absolute atomic E-state index is 12.9. The zero-order valence-corrected chi connectivity index (χ0v) is 20.4. The summed E-state index contributed by atoms with van der Waals surface area (Å²) >= 11 is 6.08. The van der Waals surface area contributed by atoms with Crippen LogP contribution < -0.4 is 5.73 Å². The molecule has 0 aliphatic rings. The molecule has 0 aliphatic carbocycles. The first-order chi connectivity index (χ1) is 15.4. The highest BCUT2D eigenvalue weighted by Gasteiger charge is 2.35. The molecule has 0 bridgehead atoms. The molecule has 0 aromatic heterocycles. The van der Waals surface area contributed by atoms with Crippen molar-refractivity contribution in [1.29, 1.82) is 0 Å². The van der Waals surface area contributed by atoms with Crippen molar-refractivity contribution in [3.8, 4) is 11.1 Å². The maximum atomic E-state index is 12.9. The van der Waals surface area contributed by atoms with Crippen LogP contribution in [0.25, 0.3) is 11.1 Å². The van der Waals surface area contributed by atoms with Gasteiger partial charge in [-0.15, -0.1) is 0 Å². The number of hydrogen-bond acceptors (Lipinski definition) is 6. The third-order valence-electron chi connectivity index (χ3n) is 4.82. The molecule has 0 saturated carbocycles. The molecule has 0 heterocycles. The average molecular weight is 475 g/mol. The SMILES string of the molecule is CN(C)C(=O)COC(=O)C(N)C(Cc1ccc(-c2cccc(Cl)c2)cc1)C(=O)OC(C)(C)C. The average Bonchev–Trinajstić information content (AvgIpc) is 2.74. The van der Waals surface area contributed by atoms with Crippen molar-refractivity contribution in [3.63, 3.8) is 0 Å². The Balaban J connectivity index is 2.20. The highest BCUT2D eigenvalue weighted by Crippen LogP contribution is 2.25. The predicted molar refractivity (Wildman–Crippen MR) is 128 cm³/mol. The van der Waals surface area contributed by atoms with E-state index in [1.807, 2.05) is 42.5 Å². The number of amides is 1. The first kappa shape index (κ1) is 26.4. The van der Waals surface area contributed by atoms with Gasteiger partial charge in [0.05, 0.1) is 5.92 Å². The van der Waals surface area contributed by atoms with Gasteiger partial charge < -0.3 is 20.1 Å². The second-order valence-corrected chi connectivity index (χ2v) is 9.41. The number of nitrogens with two attached hydrogens (primary N) is 1. The summed E-state index contributed by atoms with van der Waals surface area (Å²) < 4.78 is 10.5. The number of benzene rings is 2. The third kappa shape index (κ3) is 8.18. The molecule has 2 aromatic rings. The Bertz CT molecular complexity index is 983. The number of rotatable bonds is 8. The first-order valence-electron chi connectivity index (χ1n) is 10.6. The molecule has 33 heavy (non-hydrogen) atoms. The zero-order chi connectivity index (χ0) is 24.8. The van der Waals surface area contributed by atoms with Crippen LogP contribution in [0, 0.1) is 5.92 Å². The molecule has 0 aliphatic heterocycles. The van der Waals surface area contributed by atoms with Crippen molar-refractivity contribution in [2.75, 3.05) is 20.7 Å². The van der Waals surface area contributed by atoms with Gasteiger partial charge in [0.15, 0.2) is 6.61 Å². The van der Waals surface area contributed by atoms with Gasteiger partial charge in [-0.3, -0.25) is 14.4 Å². The van der Waals surface area contributed by atoms with Crippen molar-refractivity contribution in [2.24, 2.45) is 11.7 Å². The summed E-state index contributed by atoms with van der Waals surface area (Å²) in [6.07, 6.45) is 0.169. The molecule has 2 rings (SSSR count). The number of hydrogen-bond donors (Lipinski definition) is 1. The van der Waals surface area contributed by atoms with Gasteiger partial charge in [-0.1, -0.05) is 48.0 Å². The van der Waals surface area contributed by atoms with E-state index in [9.17, 15) is 14.4 Å². The molecule has 0 saturated heterocycles. The van der Waals surface area contributed by atoms with Crippen LogP contribution in [-0.2, 0) is 30.3 Å². The topological polar surface area (TPSA) is 98.9 Å². The van der Waals surface area contributed by atoms with Crippen molar-refractivity contribution in [3.05, 3.63) is 59.1 Å². The van der Waals surface area contributed by atoms with Crippen molar-refractivity contribution in [2.45, 2.75) is 38.8 Å². The van der Waals surface area contributed by atoms with Gasteiger partial charge in [-0.2, -0.15) is 0 Å². The van der Waals surface area contributed by atoms with Gasteiger partial charge in [0.2, 0.25) is 0 Å². The maximum Gasteiger partial charge on any atom is 0.324 e. The molecule has 0 spiro atoms. The van der Waals surface area contributed by atoms with Crippen molar-refractivity contribution < 1.29 is 23.9 Å². The van der Waals surface area contributed by atoms with E-state index in [0.717, 1.165) is 16.7 Å². The summed E-state index contributed by atoms with van der Waals surface area (Å²) in [5.41, 5.74) is 8.08. The summed E-state index contributed by atoms with van der Waals surface area (Å²) in [6, 6.07) is 13.7. The van der Waals surface area contributed by atoms with Gasteiger partial charge in [-0.05, 0) is 56.0 Å². The lowest BCUT2D eigenvalue weighted by Crippen LogP contribution is -2.47. The standard InChI is InChI=1S/C25H31ClN2O5/c1-25(2,3)33-23(30)20(22(27)24(31)32-15-21(29)28(4)5)13-16-9-11-17(12-10-16)18-7-6-8-19(26)14-18/h6-12,14,20,22H,13,15,27H2,1-5H3. The van der Waals surface area contributed by atoms with Gasteiger partial charge in [-0.25, -0.2) is 0 Å². The van der Waals surface area contributed by atoms with E-state index < -0.39 is 36.1 Å². The fraction of sp³-hybridized carbons (Fsp3) is 0.400. The van der Waals surface area contributed by atoms with Gasteiger partial charge in [0.25, 0.3) is 5.91 Å². The Morgan fingerprint density at radius 3 is 2.18 bits per heavy atom. The number of halogens is 1. The Labute approximate surface area is 199 Å². The summed E-state index contributed by atoms with van der Waals surface area (Å²) in [5.74, 6) is -2.81. The van der Waals surface area contributed by atoms with Gasteiger partial charge >= 0.3 is 11.9 Å². The third-order valence-corrected chi connectivity index (χ3v) is 5.05. The van der Waals surface area contributed by atoms with E-state index >= 15 is 0 Å². The van der Waals surface area contributed by atoms with E-state index in [-0.39, 0.29) is 12.3 Å². The summed E-state index contributed by atoms with van der Waals surface area (Å²) in [4.78, 5) is 38.4. The monoisotopic (exact) mass is 474 g/mol. The summed E-state index contributed by atoms with van der Waals surface area (Å²) in [6.45, 7) is 4.76. The van der Waals surface area contributed by atoms with Crippen LogP contribution in [0.3, 0.4) is 0 Å². The molecule has 2 unspecified atom stereocenters. The lowest BCUT2D eigenvalue weighted by atomic mass is 9.91. The minimum atomic E-state index is -1.29. The smallest absolute Gasteiger partial charge is 0.324 e. The zero-order valence-electron chi connectivity index (χ0n) is 19.6. The highest BCUT2D eigenvalue weighted by atomic mass is 35.5. The first-order valence-corrected chi connectivity index (χ1v) is 11.0. The second-order valence-electron chi connectivity index (χ2n) is 8.97. The number of carbonyl (C=O) groups excluding carboxylic acids is 3. The van der Waals surface area contributed by atoms with Gasteiger partial charge in [0, 0.05) is 19.1 Å². The molecule has 2 aromatic carbocycles. The molecule has 2 atom stereocenters. The van der Waals surface area contributed by atoms with Crippen LogP contribution >= 0.6 is 11.6 Å². The highest BCUT2D eigenvalue weighted by molar-refractivity contribution is 6.30. The fourth-order valence-corrected chi connectivity index (χ4v) is 3.20. The normalized spacial score (nSPS) is 13.1. The van der Waals surface area contributed by atoms with Crippen LogP contribution in [0.2, 0.25) is 5.02 Å². The summed E-state index contributed by atoms with van der Waals surface area (Å²) in [7, 11) is 3.10. The molecule has 0 radical (unpaired) electrons. The Morgan fingerprint density at radius 2 is 1.64 bits per heavy atom. The van der Waals surface area contributed by atoms with E-state index in [1.54, 1.807) is 40.9 Å². The minimum Gasteiger partial charge on any atom is -0.460 e. The number of esters is 2. The fourth-order valence-electron chi connectivity index (χ4n) is 3.01. The van der Waals surface area contributed by atoms with E-state index in [1.165, 1.54) is 4.90 Å². The number of likely N-dealkylation sites (N-methyl/N-ethyl adjacent to an activating group) is 1. The number of nitrogens with zero attached hydrogens (tertiary/aromatic N) is 1.